The monoisotopic (exact) mass is 938 g/mol. The number of hydrogen-bond acceptors (Lipinski definition) is 13. The second-order valence-electron chi connectivity index (χ2n) is 20.5. The quantitative estimate of drug-likeness (QED) is 0.0597. The third-order valence-electron chi connectivity index (χ3n) is 9.02. The van der Waals surface area contributed by atoms with Crippen molar-refractivity contribution in [1.29, 1.82) is 0 Å². The van der Waals surface area contributed by atoms with Gasteiger partial charge in [0, 0.05) is 29.7 Å². The minimum atomic E-state index is -0.922. The first-order chi connectivity index (χ1) is 31.0. The lowest BCUT2D eigenvalue weighted by Gasteiger charge is -2.27. The number of anilines is 1. The average molecular weight is 938 g/mol. The van der Waals surface area contributed by atoms with Gasteiger partial charge in [0.2, 0.25) is 5.91 Å². The van der Waals surface area contributed by atoms with Crippen LogP contribution < -0.4 is 5.32 Å². The summed E-state index contributed by atoms with van der Waals surface area (Å²) in [4.78, 5) is 108. The van der Waals surface area contributed by atoms with E-state index in [0.717, 1.165) is 60.3 Å². The maximum Gasteiger partial charge on any atom is 0.326 e. The van der Waals surface area contributed by atoms with E-state index in [0.29, 0.717) is 12.8 Å². The molecule has 0 unspecified atom stereocenters. The molecule has 3 amide bonds. The molecule has 0 aliphatic heterocycles. The van der Waals surface area contributed by atoms with Gasteiger partial charge in [-0.3, -0.25) is 38.4 Å². The molecule has 0 bridgehead atoms. The maximum atomic E-state index is 14.4. The number of nitrogens with one attached hydrogen (secondary N) is 1. The highest BCUT2D eigenvalue weighted by molar-refractivity contribution is 6.05. The van der Waals surface area contributed by atoms with Crippen LogP contribution in [0.1, 0.15) is 174 Å². The summed E-state index contributed by atoms with van der Waals surface area (Å²) in [6.07, 6.45) is 7.31. The number of nitrogens with zero attached hydrogens (tertiary/aromatic N) is 2. The molecule has 67 heavy (non-hydrogen) atoms. The van der Waals surface area contributed by atoms with Crippen LogP contribution in [0, 0.1) is 0 Å². The normalized spacial score (nSPS) is 11.8. The fourth-order valence-corrected chi connectivity index (χ4v) is 6.48. The van der Waals surface area contributed by atoms with Crippen LogP contribution >= 0.6 is 0 Å². The van der Waals surface area contributed by atoms with Gasteiger partial charge in [0.25, 0.3) is 11.8 Å². The fraction of sp³-hybridized carbons (Fsp3) is 0.608. The van der Waals surface area contributed by atoms with Gasteiger partial charge in [0.1, 0.15) is 55.2 Å². The zero-order chi connectivity index (χ0) is 50.6. The number of hydrogen-bond donors (Lipinski definition) is 1. The van der Waals surface area contributed by atoms with Gasteiger partial charge < -0.3 is 38.8 Å². The molecule has 0 aliphatic carbocycles. The summed E-state index contributed by atoms with van der Waals surface area (Å²) in [6, 6.07) is 13.3. The van der Waals surface area contributed by atoms with Gasteiger partial charge in [0.15, 0.2) is 0 Å². The Kier molecular flexibility index (Phi) is 22.7. The average Bonchev–Trinajstić information content (AvgIpc) is 3.17. The molecule has 0 saturated carbocycles. The molecule has 0 atom stereocenters. The zero-order valence-corrected chi connectivity index (χ0v) is 41.9. The Balaban J connectivity index is 2.29. The van der Waals surface area contributed by atoms with Crippen molar-refractivity contribution < 1.29 is 62.0 Å². The summed E-state index contributed by atoms with van der Waals surface area (Å²) < 4.78 is 27.2. The van der Waals surface area contributed by atoms with E-state index in [1.807, 2.05) is 30.3 Å². The molecular weight excluding hydrogens is 863 g/mol. The highest BCUT2D eigenvalue weighted by atomic mass is 16.6. The largest absolute Gasteiger partial charge is 0.461 e. The first-order valence-electron chi connectivity index (χ1n) is 23.1. The highest BCUT2D eigenvalue weighted by Crippen LogP contribution is 2.22. The van der Waals surface area contributed by atoms with E-state index >= 15 is 0 Å². The van der Waals surface area contributed by atoms with Gasteiger partial charge in [0.05, 0.1) is 0 Å². The highest BCUT2D eigenvalue weighted by Gasteiger charge is 2.31. The van der Waals surface area contributed by atoms with Gasteiger partial charge in [-0.25, -0.2) is 0 Å². The van der Waals surface area contributed by atoms with Gasteiger partial charge in [-0.2, -0.15) is 0 Å². The van der Waals surface area contributed by atoms with Crippen LogP contribution in [0.3, 0.4) is 0 Å². The van der Waals surface area contributed by atoms with Gasteiger partial charge in [-0.1, -0.05) is 68.9 Å². The number of carbonyl (C=O) groups excluding carboxylic acids is 8. The molecule has 0 radical (unpaired) electrons. The van der Waals surface area contributed by atoms with Crippen molar-refractivity contribution >= 4 is 53.3 Å². The molecule has 0 saturated heterocycles. The summed E-state index contributed by atoms with van der Waals surface area (Å²) in [5, 5.41) is 2.77. The van der Waals surface area contributed by atoms with Crippen molar-refractivity contribution in [2.45, 2.75) is 176 Å². The maximum absolute atomic E-state index is 14.4. The van der Waals surface area contributed by atoms with Crippen LogP contribution in [0.4, 0.5) is 5.69 Å². The first-order valence-corrected chi connectivity index (χ1v) is 23.1. The van der Waals surface area contributed by atoms with Crippen LogP contribution in [0.2, 0.25) is 0 Å². The Morgan fingerprint density at radius 2 is 0.791 bits per heavy atom. The number of amides is 3. The summed E-state index contributed by atoms with van der Waals surface area (Å²) in [7, 11) is 0. The Hall–Kier alpha value is -5.80. The Morgan fingerprint density at radius 1 is 0.448 bits per heavy atom. The molecule has 16 heteroatoms. The topological polar surface area (TPSA) is 201 Å². The van der Waals surface area contributed by atoms with E-state index in [9.17, 15) is 38.4 Å². The third-order valence-corrected chi connectivity index (χ3v) is 9.02. The van der Waals surface area contributed by atoms with Crippen molar-refractivity contribution in [3.05, 3.63) is 65.2 Å². The second kappa shape index (κ2) is 26.5. The van der Waals surface area contributed by atoms with Crippen molar-refractivity contribution in [3.63, 3.8) is 0 Å². The predicted octanol–water partition coefficient (Wildman–Crippen LogP) is 8.52. The minimum Gasteiger partial charge on any atom is -0.461 e. The van der Waals surface area contributed by atoms with Crippen molar-refractivity contribution in [2.75, 3.05) is 31.5 Å². The molecule has 2 rings (SSSR count). The van der Waals surface area contributed by atoms with Crippen LogP contribution in [0.15, 0.2) is 48.5 Å². The van der Waals surface area contributed by atoms with Gasteiger partial charge in [-0.15, -0.1) is 0 Å². The molecule has 16 nitrogen and oxygen atoms in total. The molecule has 0 spiro atoms. The van der Waals surface area contributed by atoms with E-state index in [4.69, 9.17) is 23.7 Å². The lowest BCUT2D eigenvalue weighted by Crippen LogP contribution is -2.44. The Labute approximate surface area is 397 Å². The summed E-state index contributed by atoms with van der Waals surface area (Å²) in [5.41, 5.74) is -3.11. The number of ether oxygens (including phenoxy) is 5. The molecule has 372 valence electrons. The molecule has 0 aromatic heterocycles. The van der Waals surface area contributed by atoms with Crippen LogP contribution in [-0.4, -0.2) is 106 Å². The molecule has 0 heterocycles. The molecule has 0 fully saturated rings. The number of unbranched alkanes of at least 4 members (excludes halogenated alkanes) is 7. The van der Waals surface area contributed by atoms with Crippen molar-refractivity contribution in [1.82, 2.24) is 9.80 Å². The minimum absolute atomic E-state index is 0.0344. The lowest BCUT2D eigenvalue weighted by atomic mass is 10.1. The van der Waals surface area contributed by atoms with E-state index in [-0.39, 0.29) is 35.8 Å². The summed E-state index contributed by atoms with van der Waals surface area (Å²) in [6.45, 7) is 17.4. The van der Waals surface area contributed by atoms with E-state index < -0.39 is 90.2 Å². The predicted molar refractivity (Wildman–Crippen MR) is 253 cm³/mol. The number of esters is 5. The summed E-state index contributed by atoms with van der Waals surface area (Å²) in [5.74, 6) is -5.64. The molecular formula is C51H75N3O13. The van der Waals surface area contributed by atoms with E-state index in [1.165, 1.54) is 18.2 Å². The summed E-state index contributed by atoms with van der Waals surface area (Å²) >= 11 is 0. The Bertz CT molecular complexity index is 1830. The van der Waals surface area contributed by atoms with Crippen molar-refractivity contribution in [3.8, 4) is 0 Å². The standard InChI is InChI=1S/C51H75N3O13/c1-48(2,3)64-42(57)31-53(32-43(58)65-49(4,5)6)46(61)37-28-38(47(62)54(33-44(59)66-50(7,8)9)34-45(60)67-51(10,11)12)30-39(29-37)52-40(55)26-22-17-15-13-14-16-18-23-27-41(56)63-35-36-24-20-19-21-25-36/h19-21,24-25,28-30H,13-18,22-23,26-27,31-35H2,1-12H3,(H,52,55). The molecule has 2 aromatic carbocycles. The lowest BCUT2D eigenvalue weighted by molar-refractivity contribution is -0.160. The van der Waals surface area contributed by atoms with Crippen LogP contribution in [0.25, 0.3) is 0 Å². The number of carbonyl (C=O) groups is 8. The van der Waals surface area contributed by atoms with E-state index in [2.05, 4.69) is 5.32 Å². The van der Waals surface area contributed by atoms with Crippen LogP contribution in [0.5, 0.6) is 0 Å². The first kappa shape index (κ1) is 57.3. The van der Waals surface area contributed by atoms with Gasteiger partial charge in [-0.05, 0) is 120 Å². The molecule has 0 aliphatic rings. The Morgan fingerprint density at radius 3 is 1.15 bits per heavy atom. The zero-order valence-electron chi connectivity index (χ0n) is 41.9. The SMILES string of the molecule is CC(C)(C)OC(=O)CN(CC(=O)OC(C)(C)C)C(=O)c1cc(NC(=O)CCCCCCCCCCC(=O)OCc2ccccc2)cc(C(=O)N(CC(=O)OC(C)(C)C)CC(=O)OC(C)(C)C)c1. The van der Waals surface area contributed by atoms with Crippen LogP contribution in [-0.2, 0) is 59.1 Å². The second-order valence-corrected chi connectivity index (χ2v) is 20.5. The smallest absolute Gasteiger partial charge is 0.326 e. The molecule has 2 aromatic rings. The van der Waals surface area contributed by atoms with E-state index in [1.54, 1.807) is 83.1 Å². The molecule has 1 N–H and O–H groups in total. The van der Waals surface area contributed by atoms with Gasteiger partial charge >= 0.3 is 29.8 Å². The number of benzene rings is 2. The van der Waals surface area contributed by atoms with Crippen molar-refractivity contribution in [2.24, 2.45) is 0 Å². The number of rotatable bonds is 24. The fourth-order valence-electron chi connectivity index (χ4n) is 6.48. The third kappa shape index (κ3) is 26.2.